The average Bonchev–Trinajstić information content (AvgIpc) is 2.38. The highest BCUT2D eigenvalue weighted by molar-refractivity contribution is 5.95. The molecule has 98 valence electrons. The highest BCUT2D eigenvalue weighted by Gasteiger charge is 2.04. The number of benzene rings is 1. The zero-order chi connectivity index (χ0) is 13.2. The number of Topliss-reactive ketones (excluding diaryl/α,β-unsaturated/α-hetero) is 1. The highest BCUT2D eigenvalue weighted by atomic mass is 16.9. The Kier molecular flexibility index (Phi) is 6.68. The molecular formula is C13H17NO4. The highest BCUT2D eigenvalue weighted by Crippen LogP contribution is 2.06. The molecule has 0 amide bonds. The first-order valence-corrected chi connectivity index (χ1v) is 5.82. The topological polar surface area (TPSA) is 64.6 Å². The van der Waals surface area contributed by atoms with Crippen LogP contribution in [0.1, 0.15) is 36.5 Å². The maximum absolute atomic E-state index is 11.7. The van der Waals surface area contributed by atoms with Gasteiger partial charge in [-0.2, -0.15) is 0 Å². The normalized spacial score (nSPS) is 10.1. The van der Waals surface area contributed by atoms with Crippen LogP contribution in [0.4, 0.5) is 0 Å². The van der Waals surface area contributed by atoms with E-state index in [1.807, 2.05) is 18.2 Å². The SMILES string of the molecule is CC(=O)ONOCCCCC(=O)c1ccccc1. The minimum Gasteiger partial charge on any atom is -0.346 e. The van der Waals surface area contributed by atoms with Gasteiger partial charge in [0.15, 0.2) is 5.78 Å². The fourth-order valence-electron chi connectivity index (χ4n) is 1.36. The molecule has 0 aliphatic heterocycles. The van der Waals surface area contributed by atoms with E-state index in [0.717, 1.165) is 12.0 Å². The van der Waals surface area contributed by atoms with Gasteiger partial charge in [0.1, 0.15) is 0 Å². The quantitative estimate of drug-likeness (QED) is 0.435. The van der Waals surface area contributed by atoms with Gasteiger partial charge >= 0.3 is 5.97 Å². The Balaban J connectivity index is 2.05. The predicted molar refractivity (Wildman–Crippen MR) is 65.5 cm³/mol. The van der Waals surface area contributed by atoms with Gasteiger partial charge < -0.3 is 4.84 Å². The molecule has 18 heavy (non-hydrogen) atoms. The number of hydrogen-bond donors (Lipinski definition) is 1. The van der Waals surface area contributed by atoms with Crippen molar-refractivity contribution in [2.24, 2.45) is 0 Å². The number of hydrogen-bond acceptors (Lipinski definition) is 5. The summed E-state index contributed by atoms with van der Waals surface area (Å²) in [5, 5.41) is 0. The maximum Gasteiger partial charge on any atom is 0.324 e. The van der Waals surface area contributed by atoms with E-state index >= 15 is 0 Å². The molecular weight excluding hydrogens is 234 g/mol. The lowest BCUT2D eigenvalue weighted by Crippen LogP contribution is -2.19. The Bertz CT molecular complexity index is 378. The molecule has 1 N–H and O–H groups in total. The van der Waals surface area contributed by atoms with Gasteiger partial charge in [-0.25, -0.2) is 0 Å². The van der Waals surface area contributed by atoms with Crippen molar-refractivity contribution >= 4 is 11.8 Å². The van der Waals surface area contributed by atoms with Crippen LogP contribution in [0.15, 0.2) is 30.3 Å². The van der Waals surface area contributed by atoms with Crippen LogP contribution >= 0.6 is 0 Å². The van der Waals surface area contributed by atoms with Crippen LogP contribution in [0.2, 0.25) is 0 Å². The summed E-state index contributed by atoms with van der Waals surface area (Å²) >= 11 is 0. The Morgan fingerprint density at radius 1 is 1.17 bits per heavy atom. The van der Waals surface area contributed by atoms with Crippen molar-refractivity contribution in [3.63, 3.8) is 0 Å². The molecule has 0 atom stereocenters. The van der Waals surface area contributed by atoms with Gasteiger partial charge in [-0.15, -0.1) is 0 Å². The van der Waals surface area contributed by atoms with Gasteiger partial charge in [-0.3, -0.25) is 14.4 Å². The molecule has 0 aromatic heterocycles. The molecule has 5 nitrogen and oxygen atoms in total. The van der Waals surface area contributed by atoms with Crippen LogP contribution < -0.4 is 5.64 Å². The molecule has 0 spiro atoms. The Morgan fingerprint density at radius 3 is 2.56 bits per heavy atom. The smallest absolute Gasteiger partial charge is 0.324 e. The number of rotatable bonds is 8. The molecule has 1 aromatic carbocycles. The van der Waals surface area contributed by atoms with Crippen LogP contribution in [0.5, 0.6) is 0 Å². The van der Waals surface area contributed by atoms with E-state index in [4.69, 9.17) is 4.84 Å². The van der Waals surface area contributed by atoms with Gasteiger partial charge in [0.05, 0.1) is 6.61 Å². The summed E-state index contributed by atoms with van der Waals surface area (Å²) in [4.78, 5) is 31.3. The first-order valence-electron chi connectivity index (χ1n) is 5.82. The molecule has 0 aliphatic rings. The van der Waals surface area contributed by atoms with E-state index in [1.54, 1.807) is 12.1 Å². The van der Waals surface area contributed by atoms with Crippen molar-refractivity contribution in [3.05, 3.63) is 35.9 Å². The van der Waals surface area contributed by atoms with Gasteiger partial charge in [0.25, 0.3) is 0 Å². The predicted octanol–water partition coefficient (Wildman–Crippen LogP) is 2.04. The van der Waals surface area contributed by atoms with Crippen molar-refractivity contribution < 1.29 is 19.3 Å². The van der Waals surface area contributed by atoms with E-state index in [9.17, 15) is 9.59 Å². The van der Waals surface area contributed by atoms with E-state index in [1.165, 1.54) is 6.92 Å². The van der Waals surface area contributed by atoms with Gasteiger partial charge in [0.2, 0.25) is 0 Å². The van der Waals surface area contributed by atoms with Crippen molar-refractivity contribution in [1.82, 2.24) is 5.64 Å². The number of unbranched alkanes of at least 4 members (excludes halogenated alkanes) is 1. The molecule has 0 saturated carbocycles. The second-order valence-corrected chi connectivity index (χ2v) is 3.77. The number of carbonyl (C=O) groups excluding carboxylic acids is 2. The summed E-state index contributed by atoms with van der Waals surface area (Å²) in [6, 6.07) is 9.19. The summed E-state index contributed by atoms with van der Waals surface area (Å²) in [6.07, 6.45) is 1.93. The summed E-state index contributed by atoms with van der Waals surface area (Å²) in [5.41, 5.74) is 2.80. The molecule has 0 radical (unpaired) electrons. The molecule has 1 aromatic rings. The zero-order valence-electron chi connectivity index (χ0n) is 10.3. The summed E-state index contributed by atoms with van der Waals surface area (Å²) in [7, 11) is 0. The minimum atomic E-state index is -0.464. The summed E-state index contributed by atoms with van der Waals surface area (Å²) in [6.45, 7) is 1.66. The first-order chi connectivity index (χ1) is 8.70. The third-order valence-electron chi connectivity index (χ3n) is 2.24. The third-order valence-corrected chi connectivity index (χ3v) is 2.24. The molecule has 0 heterocycles. The Morgan fingerprint density at radius 2 is 1.89 bits per heavy atom. The van der Waals surface area contributed by atoms with Crippen molar-refractivity contribution in [2.75, 3.05) is 6.61 Å². The zero-order valence-corrected chi connectivity index (χ0v) is 10.3. The molecule has 0 aliphatic carbocycles. The summed E-state index contributed by atoms with van der Waals surface area (Å²) in [5.74, 6) is -0.335. The first kappa shape index (κ1) is 14.3. The van der Waals surface area contributed by atoms with Crippen molar-refractivity contribution in [3.8, 4) is 0 Å². The van der Waals surface area contributed by atoms with Crippen molar-refractivity contribution in [2.45, 2.75) is 26.2 Å². The molecule has 0 unspecified atom stereocenters. The molecule has 0 bridgehead atoms. The van der Waals surface area contributed by atoms with Crippen LogP contribution in [-0.4, -0.2) is 18.4 Å². The van der Waals surface area contributed by atoms with Crippen LogP contribution in [0, 0.1) is 0 Å². The standard InChI is InChI=1S/C13H17NO4/c1-11(15)18-14-17-10-6-5-9-13(16)12-7-3-2-4-8-12/h2-4,7-8,14H,5-6,9-10H2,1H3. The average molecular weight is 251 g/mol. The molecule has 5 heteroatoms. The lowest BCUT2D eigenvalue weighted by molar-refractivity contribution is -0.189. The number of nitrogens with one attached hydrogen (secondary N) is 1. The van der Waals surface area contributed by atoms with E-state index in [2.05, 4.69) is 10.5 Å². The van der Waals surface area contributed by atoms with Gasteiger partial charge in [-0.05, 0) is 18.5 Å². The monoisotopic (exact) mass is 251 g/mol. The molecule has 1 rings (SSSR count). The Hall–Kier alpha value is -1.72. The summed E-state index contributed by atoms with van der Waals surface area (Å²) < 4.78 is 0. The number of ketones is 1. The second-order valence-electron chi connectivity index (χ2n) is 3.77. The van der Waals surface area contributed by atoms with E-state index < -0.39 is 5.97 Å². The minimum absolute atomic E-state index is 0.128. The van der Waals surface area contributed by atoms with E-state index in [0.29, 0.717) is 19.4 Å². The lowest BCUT2D eigenvalue weighted by atomic mass is 10.1. The lowest BCUT2D eigenvalue weighted by Gasteiger charge is -2.04. The van der Waals surface area contributed by atoms with Crippen LogP contribution in [0.25, 0.3) is 0 Å². The van der Waals surface area contributed by atoms with Gasteiger partial charge in [0, 0.05) is 18.9 Å². The second kappa shape index (κ2) is 8.38. The van der Waals surface area contributed by atoms with E-state index in [-0.39, 0.29) is 5.78 Å². The molecule has 0 fully saturated rings. The fraction of sp³-hybridized carbons (Fsp3) is 0.385. The third kappa shape index (κ3) is 6.12. The largest absolute Gasteiger partial charge is 0.346 e. The van der Waals surface area contributed by atoms with Crippen molar-refractivity contribution in [1.29, 1.82) is 0 Å². The van der Waals surface area contributed by atoms with Crippen LogP contribution in [0.3, 0.4) is 0 Å². The maximum atomic E-state index is 11.7. The van der Waals surface area contributed by atoms with Gasteiger partial charge in [-0.1, -0.05) is 30.3 Å². The fourth-order valence-corrected chi connectivity index (χ4v) is 1.36. The van der Waals surface area contributed by atoms with Crippen LogP contribution in [-0.2, 0) is 14.5 Å². The molecule has 0 saturated heterocycles. The Labute approximate surface area is 106 Å². The number of carbonyl (C=O) groups is 2.